The average molecular weight is 344 g/mol. The summed E-state index contributed by atoms with van der Waals surface area (Å²) in [5, 5.41) is 16.4. The molecular formula is C18H24N4O3. The largest absolute Gasteiger partial charge is 0.502 e. The first-order chi connectivity index (χ1) is 12.2. The molecule has 0 aliphatic heterocycles. The third-order valence-electron chi connectivity index (χ3n) is 3.62. The van der Waals surface area contributed by atoms with E-state index in [4.69, 9.17) is 9.47 Å². The molecule has 0 fully saturated rings. The number of aliphatic imine (C=N–C) groups is 1. The summed E-state index contributed by atoms with van der Waals surface area (Å²) < 4.78 is 10.3. The zero-order valence-corrected chi connectivity index (χ0v) is 14.7. The molecule has 0 aliphatic rings. The SMILES string of the molecule is CN=C(NCCc1ccccn1)NCc1cc(OC)c(O)c(OC)c1. The van der Waals surface area contributed by atoms with Crippen LogP contribution in [0.15, 0.2) is 41.5 Å². The summed E-state index contributed by atoms with van der Waals surface area (Å²) in [5.41, 5.74) is 1.93. The molecule has 2 aromatic rings. The first kappa shape index (κ1) is 18.4. The topological polar surface area (TPSA) is 88.0 Å². The van der Waals surface area contributed by atoms with Gasteiger partial charge < -0.3 is 25.2 Å². The lowest BCUT2D eigenvalue weighted by molar-refractivity contribution is 0.339. The number of rotatable bonds is 7. The van der Waals surface area contributed by atoms with Gasteiger partial charge in [-0.3, -0.25) is 9.98 Å². The highest BCUT2D eigenvalue weighted by Crippen LogP contribution is 2.36. The monoisotopic (exact) mass is 344 g/mol. The Morgan fingerprint density at radius 2 is 1.88 bits per heavy atom. The molecule has 0 bridgehead atoms. The van der Waals surface area contributed by atoms with E-state index in [0.29, 0.717) is 24.0 Å². The highest BCUT2D eigenvalue weighted by atomic mass is 16.5. The number of nitrogens with zero attached hydrogens (tertiary/aromatic N) is 2. The molecule has 1 aromatic carbocycles. The van der Waals surface area contributed by atoms with Crippen LogP contribution in [0.5, 0.6) is 17.2 Å². The molecule has 1 aromatic heterocycles. The van der Waals surface area contributed by atoms with Gasteiger partial charge in [0, 0.05) is 38.4 Å². The van der Waals surface area contributed by atoms with Gasteiger partial charge >= 0.3 is 0 Å². The maximum atomic E-state index is 9.95. The quantitative estimate of drug-likeness (QED) is 0.523. The van der Waals surface area contributed by atoms with E-state index in [0.717, 1.165) is 24.2 Å². The van der Waals surface area contributed by atoms with Gasteiger partial charge in [0.1, 0.15) is 0 Å². The van der Waals surface area contributed by atoms with E-state index in [9.17, 15) is 5.11 Å². The second-order valence-electron chi connectivity index (χ2n) is 5.27. The molecule has 0 radical (unpaired) electrons. The molecule has 0 unspecified atom stereocenters. The van der Waals surface area contributed by atoms with Gasteiger partial charge in [0.25, 0.3) is 0 Å². The summed E-state index contributed by atoms with van der Waals surface area (Å²) in [6.07, 6.45) is 2.59. The highest BCUT2D eigenvalue weighted by molar-refractivity contribution is 5.79. The number of phenolic OH excluding ortho intramolecular Hbond substituents is 1. The summed E-state index contributed by atoms with van der Waals surface area (Å²) in [5.74, 6) is 1.41. The fourth-order valence-electron chi connectivity index (χ4n) is 2.31. The minimum Gasteiger partial charge on any atom is -0.502 e. The lowest BCUT2D eigenvalue weighted by atomic mass is 10.2. The summed E-state index contributed by atoms with van der Waals surface area (Å²) >= 11 is 0. The van der Waals surface area contributed by atoms with Gasteiger partial charge in [0.2, 0.25) is 5.75 Å². The van der Waals surface area contributed by atoms with Crippen LogP contribution in [0, 0.1) is 0 Å². The molecule has 2 rings (SSSR count). The number of aromatic nitrogens is 1. The van der Waals surface area contributed by atoms with Crippen molar-refractivity contribution >= 4 is 5.96 Å². The van der Waals surface area contributed by atoms with Crippen molar-refractivity contribution in [2.45, 2.75) is 13.0 Å². The zero-order valence-electron chi connectivity index (χ0n) is 14.7. The number of hydrogen-bond acceptors (Lipinski definition) is 5. The first-order valence-corrected chi connectivity index (χ1v) is 7.96. The first-order valence-electron chi connectivity index (χ1n) is 7.96. The lowest BCUT2D eigenvalue weighted by Crippen LogP contribution is -2.37. The minimum absolute atomic E-state index is 0.00776. The fourth-order valence-corrected chi connectivity index (χ4v) is 2.31. The number of benzene rings is 1. The second kappa shape index (κ2) is 9.36. The fraction of sp³-hybridized carbons (Fsp3) is 0.333. The number of guanidine groups is 1. The Hall–Kier alpha value is -2.96. The summed E-state index contributed by atoms with van der Waals surface area (Å²) in [6.45, 7) is 1.23. The van der Waals surface area contributed by atoms with Crippen LogP contribution >= 0.6 is 0 Å². The van der Waals surface area contributed by atoms with Crippen LogP contribution in [0.3, 0.4) is 0 Å². The van der Waals surface area contributed by atoms with Gasteiger partial charge in [-0.15, -0.1) is 0 Å². The molecule has 1 heterocycles. The van der Waals surface area contributed by atoms with Crippen molar-refractivity contribution in [3.8, 4) is 17.2 Å². The highest BCUT2D eigenvalue weighted by Gasteiger charge is 2.11. The van der Waals surface area contributed by atoms with E-state index in [2.05, 4.69) is 20.6 Å². The Morgan fingerprint density at radius 3 is 2.44 bits per heavy atom. The Kier molecular flexibility index (Phi) is 6.88. The Labute approximate surface area is 147 Å². The van der Waals surface area contributed by atoms with Gasteiger partial charge in [-0.1, -0.05) is 6.07 Å². The molecule has 7 heteroatoms. The van der Waals surface area contributed by atoms with Crippen LogP contribution < -0.4 is 20.1 Å². The van der Waals surface area contributed by atoms with E-state index in [-0.39, 0.29) is 5.75 Å². The normalized spacial score (nSPS) is 11.1. The van der Waals surface area contributed by atoms with Crippen molar-refractivity contribution in [2.24, 2.45) is 4.99 Å². The molecule has 0 atom stereocenters. The van der Waals surface area contributed by atoms with Crippen LogP contribution in [-0.4, -0.2) is 43.9 Å². The van der Waals surface area contributed by atoms with Gasteiger partial charge in [-0.2, -0.15) is 0 Å². The third-order valence-corrected chi connectivity index (χ3v) is 3.62. The van der Waals surface area contributed by atoms with E-state index in [1.165, 1.54) is 14.2 Å². The maximum Gasteiger partial charge on any atom is 0.200 e. The van der Waals surface area contributed by atoms with Crippen LogP contribution in [0.1, 0.15) is 11.3 Å². The van der Waals surface area contributed by atoms with E-state index in [1.54, 1.807) is 25.4 Å². The summed E-state index contributed by atoms with van der Waals surface area (Å²) in [6, 6.07) is 9.38. The maximum absolute atomic E-state index is 9.95. The van der Waals surface area contributed by atoms with Gasteiger partial charge in [-0.25, -0.2) is 0 Å². The smallest absolute Gasteiger partial charge is 0.200 e. The standard InChI is InChI=1S/C18H24N4O3/c1-19-18(21-9-7-14-6-4-5-8-20-14)22-12-13-10-15(24-2)17(23)16(11-13)25-3/h4-6,8,10-11,23H,7,9,12H2,1-3H3,(H2,19,21,22). The van der Waals surface area contributed by atoms with E-state index in [1.807, 2.05) is 18.2 Å². The number of phenols is 1. The number of hydrogen-bond donors (Lipinski definition) is 3. The average Bonchev–Trinajstić information content (AvgIpc) is 2.66. The van der Waals surface area contributed by atoms with Crippen molar-refractivity contribution in [1.82, 2.24) is 15.6 Å². The van der Waals surface area contributed by atoms with Gasteiger partial charge in [0.15, 0.2) is 17.5 Å². The molecule has 0 amide bonds. The molecule has 3 N–H and O–H groups in total. The number of aromatic hydroxyl groups is 1. The summed E-state index contributed by atoms with van der Waals surface area (Å²) in [7, 11) is 4.72. The summed E-state index contributed by atoms with van der Waals surface area (Å²) in [4.78, 5) is 8.49. The number of pyridine rings is 1. The molecule has 0 saturated carbocycles. The lowest BCUT2D eigenvalue weighted by Gasteiger charge is -2.14. The van der Waals surface area contributed by atoms with Gasteiger partial charge in [-0.05, 0) is 29.8 Å². The van der Waals surface area contributed by atoms with Crippen molar-refractivity contribution in [3.05, 3.63) is 47.8 Å². The van der Waals surface area contributed by atoms with Crippen molar-refractivity contribution in [2.75, 3.05) is 27.8 Å². The van der Waals surface area contributed by atoms with Crippen LogP contribution in [0.2, 0.25) is 0 Å². The number of methoxy groups -OCH3 is 2. The Morgan fingerprint density at radius 1 is 1.16 bits per heavy atom. The van der Waals surface area contributed by atoms with E-state index < -0.39 is 0 Å². The molecular weight excluding hydrogens is 320 g/mol. The number of ether oxygens (including phenoxy) is 2. The predicted molar refractivity (Wildman–Crippen MR) is 97.4 cm³/mol. The van der Waals surface area contributed by atoms with Crippen LogP contribution in [-0.2, 0) is 13.0 Å². The van der Waals surface area contributed by atoms with E-state index >= 15 is 0 Å². The Balaban J connectivity index is 1.90. The molecule has 25 heavy (non-hydrogen) atoms. The predicted octanol–water partition coefficient (Wildman–Crippen LogP) is 1.71. The van der Waals surface area contributed by atoms with Crippen molar-refractivity contribution in [1.29, 1.82) is 0 Å². The van der Waals surface area contributed by atoms with Crippen LogP contribution in [0.4, 0.5) is 0 Å². The molecule has 0 spiro atoms. The molecule has 0 saturated heterocycles. The third kappa shape index (κ3) is 5.27. The van der Waals surface area contributed by atoms with Crippen LogP contribution in [0.25, 0.3) is 0 Å². The number of nitrogens with one attached hydrogen (secondary N) is 2. The zero-order chi connectivity index (χ0) is 18.1. The van der Waals surface area contributed by atoms with Crippen molar-refractivity contribution in [3.63, 3.8) is 0 Å². The molecule has 134 valence electrons. The minimum atomic E-state index is -0.00776. The second-order valence-corrected chi connectivity index (χ2v) is 5.27. The van der Waals surface area contributed by atoms with Crippen molar-refractivity contribution < 1.29 is 14.6 Å². The molecule has 7 nitrogen and oxygen atoms in total. The Bertz CT molecular complexity index is 680. The molecule has 0 aliphatic carbocycles. The van der Waals surface area contributed by atoms with Gasteiger partial charge in [0.05, 0.1) is 14.2 Å².